The highest BCUT2D eigenvalue weighted by atomic mass is 79.9. The highest BCUT2D eigenvalue weighted by molar-refractivity contribution is 9.10. The SMILES string of the molecule is CCOC1CCN(c2ccc(C(C)N)cc2Br)CC1. The summed E-state index contributed by atoms with van der Waals surface area (Å²) in [5.74, 6) is 0. The molecular formula is C15H23BrN2O. The van der Waals surface area contributed by atoms with Gasteiger partial charge in [-0.25, -0.2) is 0 Å². The minimum atomic E-state index is 0.0778. The van der Waals surface area contributed by atoms with Crippen molar-refractivity contribution in [1.82, 2.24) is 0 Å². The van der Waals surface area contributed by atoms with Crippen molar-refractivity contribution < 1.29 is 4.74 Å². The summed E-state index contributed by atoms with van der Waals surface area (Å²) in [6.07, 6.45) is 2.65. The quantitative estimate of drug-likeness (QED) is 0.920. The summed E-state index contributed by atoms with van der Waals surface area (Å²) >= 11 is 3.67. The van der Waals surface area contributed by atoms with Crippen molar-refractivity contribution in [3.05, 3.63) is 28.2 Å². The van der Waals surface area contributed by atoms with Crippen LogP contribution in [-0.4, -0.2) is 25.8 Å². The third-order valence-corrected chi connectivity index (χ3v) is 4.32. The number of nitrogens with two attached hydrogens (primary N) is 1. The molecule has 2 N–H and O–H groups in total. The summed E-state index contributed by atoms with van der Waals surface area (Å²) in [5.41, 5.74) is 8.34. The molecule has 0 spiro atoms. The minimum absolute atomic E-state index is 0.0778. The standard InChI is InChI=1S/C15H23BrN2O/c1-3-19-13-6-8-18(9-7-13)15-5-4-12(11(2)17)10-14(15)16/h4-5,10-11,13H,3,6-9,17H2,1-2H3. The Hall–Kier alpha value is -0.580. The Kier molecular flexibility index (Phi) is 5.25. The average Bonchev–Trinajstić information content (AvgIpc) is 2.40. The van der Waals surface area contributed by atoms with Gasteiger partial charge in [0.05, 0.1) is 11.8 Å². The Morgan fingerprint density at radius 3 is 2.63 bits per heavy atom. The molecule has 0 saturated carbocycles. The molecule has 106 valence electrons. The van der Waals surface area contributed by atoms with E-state index >= 15 is 0 Å². The first-order chi connectivity index (χ1) is 9.11. The molecule has 1 fully saturated rings. The number of hydrogen-bond acceptors (Lipinski definition) is 3. The summed E-state index contributed by atoms with van der Waals surface area (Å²) in [6.45, 7) is 7.00. The Morgan fingerprint density at radius 2 is 2.11 bits per heavy atom. The van der Waals surface area contributed by atoms with Gasteiger partial charge in [0.25, 0.3) is 0 Å². The van der Waals surface area contributed by atoms with Gasteiger partial charge in [0.1, 0.15) is 0 Å². The van der Waals surface area contributed by atoms with Crippen molar-refractivity contribution in [2.24, 2.45) is 5.73 Å². The summed E-state index contributed by atoms with van der Waals surface area (Å²) in [5, 5.41) is 0. The predicted octanol–water partition coefficient (Wildman–Crippen LogP) is 3.47. The van der Waals surface area contributed by atoms with Crippen molar-refractivity contribution >= 4 is 21.6 Å². The largest absolute Gasteiger partial charge is 0.378 e. The number of rotatable bonds is 4. The second-order valence-electron chi connectivity index (χ2n) is 5.14. The van der Waals surface area contributed by atoms with Crippen molar-refractivity contribution in [3.63, 3.8) is 0 Å². The molecule has 0 aliphatic carbocycles. The van der Waals surface area contributed by atoms with Crippen LogP contribution in [0, 0.1) is 0 Å². The Morgan fingerprint density at radius 1 is 1.42 bits per heavy atom. The minimum Gasteiger partial charge on any atom is -0.378 e. The highest BCUT2D eigenvalue weighted by Gasteiger charge is 2.21. The van der Waals surface area contributed by atoms with Crippen LogP contribution in [0.3, 0.4) is 0 Å². The molecule has 4 heteroatoms. The molecule has 0 radical (unpaired) electrons. The van der Waals surface area contributed by atoms with E-state index in [1.807, 2.05) is 6.92 Å². The summed E-state index contributed by atoms with van der Waals surface area (Å²) in [4.78, 5) is 2.42. The fourth-order valence-electron chi connectivity index (χ4n) is 2.56. The topological polar surface area (TPSA) is 38.5 Å². The number of piperidine rings is 1. The van der Waals surface area contributed by atoms with Crippen molar-refractivity contribution in [2.45, 2.75) is 38.8 Å². The fourth-order valence-corrected chi connectivity index (χ4v) is 3.21. The van der Waals surface area contributed by atoms with Gasteiger partial charge in [-0.1, -0.05) is 6.07 Å². The number of nitrogens with zero attached hydrogens (tertiary/aromatic N) is 1. The van der Waals surface area contributed by atoms with Crippen LogP contribution in [0.4, 0.5) is 5.69 Å². The molecule has 1 aliphatic rings. The van der Waals surface area contributed by atoms with Crippen LogP contribution in [0.15, 0.2) is 22.7 Å². The third kappa shape index (κ3) is 3.71. The van der Waals surface area contributed by atoms with E-state index in [0.717, 1.165) is 37.0 Å². The van der Waals surface area contributed by atoms with Gasteiger partial charge in [0, 0.05) is 30.2 Å². The molecule has 1 aliphatic heterocycles. The van der Waals surface area contributed by atoms with Gasteiger partial charge in [-0.05, 0) is 60.3 Å². The molecule has 1 atom stereocenters. The molecule has 1 aromatic rings. The van der Waals surface area contributed by atoms with E-state index in [1.54, 1.807) is 0 Å². The van der Waals surface area contributed by atoms with Gasteiger partial charge < -0.3 is 15.4 Å². The van der Waals surface area contributed by atoms with E-state index < -0.39 is 0 Å². The first-order valence-corrected chi connectivity index (χ1v) is 7.82. The van der Waals surface area contributed by atoms with E-state index in [0.29, 0.717) is 6.10 Å². The van der Waals surface area contributed by atoms with Crippen molar-refractivity contribution in [3.8, 4) is 0 Å². The molecule has 19 heavy (non-hydrogen) atoms. The van der Waals surface area contributed by atoms with Gasteiger partial charge in [0.2, 0.25) is 0 Å². The van der Waals surface area contributed by atoms with Crippen molar-refractivity contribution in [1.29, 1.82) is 0 Å². The maximum Gasteiger partial charge on any atom is 0.0608 e. The number of anilines is 1. The Bertz CT molecular complexity index is 415. The van der Waals surface area contributed by atoms with Gasteiger partial charge in [-0.3, -0.25) is 0 Å². The fraction of sp³-hybridized carbons (Fsp3) is 0.600. The van der Waals surface area contributed by atoms with Crippen molar-refractivity contribution in [2.75, 3.05) is 24.6 Å². The number of ether oxygens (including phenoxy) is 1. The zero-order valence-corrected chi connectivity index (χ0v) is 13.3. The molecule has 3 nitrogen and oxygen atoms in total. The monoisotopic (exact) mass is 326 g/mol. The molecule has 0 aromatic heterocycles. The molecule has 2 rings (SSSR count). The molecule has 1 unspecified atom stereocenters. The second kappa shape index (κ2) is 6.73. The molecular weight excluding hydrogens is 304 g/mol. The third-order valence-electron chi connectivity index (χ3n) is 3.68. The van der Waals surface area contributed by atoms with Crippen LogP contribution in [0.25, 0.3) is 0 Å². The predicted molar refractivity (Wildman–Crippen MR) is 83.6 cm³/mol. The van der Waals surface area contributed by atoms with Crippen LogP contribution < -0.4 is 10.6 Å². The van der Waals surface area contributed by atoms with Gasteiger partial charge in [0.15, 0.2) is 0 Å². The van der Waals surface area contributed by atoms with Gasteiger partial charge in [-0.2, -0.15) is 0 Å². The van der Waals surface area contributed by atoms with Gasteiger partial charge in [-0.15, -0.1) is 0 Å². The average molecular weight is 327 g/mol. The van der Waals surface area contributed by atoms with E-state index in [9.17, 15) is 0 Å². The summed E-state index contributed by atoms with van der Waals surface area (Å²) in [6, 6.07) is 6.51. The molecule has 1 saturated heterocycles. The summed E-state index contributed by atoms with van der Waals surface area (Å²) < 4.78 is 6.83. The zero-order chi connectivity index (χ0) is 13.8. The number of hydrogen-bond donors (Lipinski definition) is 1. The smallest absolute Gasteiger partial charge is 0.0608 e. The zero-order valence-electron chi connectivity index (χ0n) is 11.7. The second-order valence-corrected chi connectivity index (χ2v) is 6.00. The van der Waals surface area contributed by atoms with E-state index in [-0.39, 0.29) is 6.04 Å². The highest BCUT2D eigenvalue weighted by Crippen LogP contribution is 2.31. The van der Waals surface area contributed by atoms with Crippen LogP contribution in [0.2, 0.25) is 0 Å². The lowest BCUT2D eigenvalue weighted by Gasteiger charge is -2.34. The van der Waals surface area contributed by atoms with E-state index in [1.165, 1.54) is 11.3 Å². The first-order valence-electron chi connectivity index (χ1n) is 7.03. The Labute approximate surface area is 124 Å². The van der Waals surface area contributed by atoms with Crippen LogP contribution in [0.5, 0.6) is 0 Å². The molecule has 0 amide bonds. The van der Waals surface area contributed by atoms with E-state index in [4.69, 9.17) is 10.5 Å². The number of benzene rings is 1. The first kappa shape index (κ1) is 14.8. The number of halogens is 1. The van der Waals surface area contributed by atoms with Gasteiger partial charge >= 0.3 is 0 Å². The molecule has 1 heterocycles. The lowest BCUT2D eigenvalue weighted by molar-refractivity contribution is 0.0459. The van der Waals surface area contributed by atoms with Crippen LogP contribution in [-0.2, 0) is 4.74 Å². The van der Waals surface area contributed by atoms with E-state index in [2.05, 4.69) is 46.0 Å². The maximum absolute atomic E-state index is 5.91. The lowest BCUT2D eigenvalue weighted by atomic mass is 10.1. The maximum atomic E-state index is 5.91. The van der Waals surface area contributed by atoms with Crippen LogP contribution >= 0.6 is 15.9 Å². The lowest BCUT2D eigenvalue weighted by Crippen LogP contribution is -2.37. The summed E-state index contributed by atoms with van der Waals surface area (Å²) in [7, 11) is 0. The van der Waals surface area contributed by atoms with Crippen LogP contribution in [0.1, 0.15) is 38.3 Å². The molecule has 1 aromatic carbocycles. The Balaban J connectivity index is 2.03. The normalized spacial score (nSPS) is 18.6. The molecule has 0 bridgehead atoms.